The molecule has 0 aliphatic carbocycles. The molecule has 0 saturated carbocycles. The highest BCUT2D eigenvalue weighted by Crippen LogP contribution is 2.27. The van der Waals surface area contributed by atoms with Crippen LogP contribution in [-0.4, -0.2) is 32.5 Å². The van der Waals surface area contributed by atoms with Crippen molar-refractivity contribution in [1.29, 1.82) is 0 Å². The number of benzene rings is 1. The molecule has 1 fully saturated rings. The first-order valence-corrected chi connectivity index (χ1v) is 6.87. The minimum absolute atomic E-state index is 0.00556. The van der Waals surface area contributed by atoms with Crippen molar-refractivity contribution in [2.45, 2.75) is 38.0 Å². The SMILES string of the molecule is CCC(N)C(OC1CCOC1)c1ccc(OC)cc1. The summed E-state index contributed by atoms with van der Waals surface area (Å²) in [4.78, 5) is 0. The quantitative estimate of drug-likeness (QED) is 0.857. The third-order valence-electron chi connectivity index (χ3n) is 3.53. The fourth-order valence-corrected chi connectivity index (χ4v) is 2.26. The first-order valence-electron chi connectivity index (χ1n) is 6.87. The largest absolute Gasteiger partial charge is 0.497 e. The van der Waals surface area contributed by atoms with E-state index in [1.54, 1.807) is 7.11 Å². The van der Waals surface area contributed by atoms with Gasteiger partial charge in [0.15, 0.2) is 0 Å². The van der Waals surface area contributed by atoms with Crippen LogP contribution in [0.2, 0.25) is 0 Å². The molecule has 1 heterocycles. The molecule has 3 unspecified atom stereocenters. The van der Waals surface area contributed by atoms with Crippen molar-refractivity contribution in [1.82, 2.24) is 0 Å². The third kappa shape index (κ3) is 3.69. The highest BCUT2D eigenvalue weighted by molar-refractivity contribution is 5.29. The minimum Gasteiger partial charge on any atom is -0.497 e. The molecule has 2 N–H and O–H groups in total. The van der Waals surface area contributed by atoms with E-state index in [0.29, 0.717) is 6.61 Å². The predicted molar refractivity (Wildman–Crippen MR) is 74.3 cm³/mol. The summed E-state index contributed by atoms with van der Waals surface area (Å²) in [5.41, 5.74) is 7.30. The minimum atomic E-state index is -0.0809. The van der Waals surface area contributed by atoms with Crippen molar-refractivity contribution in [3.05, 3.63) is 29.8 Å². The summed E-state index contributed by atoms with van der Waals surface area (Å²) in [6.07, 6.45) is 1.90. The smallest absolute Gasteiger partial charge is 0.118 e. The molecule has 0 bridgehead atoms. The van der Waals surface area contributed by atoms with E-state index >= 15 is 0 Å². The van der Waals surface area contributed by atoms with Gasteiger partial charge in [-0.05, 0) is 30.5 Å². The van der Waals surface area contributed by atoms with Gasteiger partial charge in [-0.15, -0.1) is 0 Å². The van der Waals surface area contributed by atoms with Gasteiger partial charge < -0.3 is 19.9 Å². The topological polar surface area (TPSA) is 53.7 Å². The Kier molecular flexibility index (Phi) is 5.19. The predicted octanol–water partition coefficient (Wildman–Crippen LogP) is 2.28. The average Bonchev–Trinajstić information content (AvgIpc) is 2.97. The second-order valence-electron chi connectivity index (χ2n) is 4.89. The van der Waals surface area contributed by atoms with Crippen molar-refractivity contribution >= 4 is 0 Å². The summed E-state index contributed by atoms with van der Waals surface area (Å²) < 4.78 is 16.7. The Morgan fingerprint density at radius 3 is 2.63 bits per heavy atom. The van der Waals surface area contributed by atoms with E-state index in [1.807, 2.05) is 24.3 Å². The Labute approximate surface area is 114 Å². The molecule has 1 aliphatic rings. The lowest BCUT2D eigenvalue weighted by atomic mass is 10.0. The van der Waals surface area contributed by atoms with E-state index in [-0.39, 0.29) is 18.2 Å². The lowest BCUT2D eigenvalue weighted by molar-refractivity contribution is -0.0301. The van der Waals surface area contributed by atoms with Crippen molar-refractivity contribution in [2.75, 3.05) is 20.3 Å². The molecule has 0 spiro atoms. The van der Waals surface area contributed by atoms with Crippen LogP contribution in [0.25, 0.3) is 0 Å². The van der Waals surface area contributed by atoms with Gasteiger partial charge in [0.05, 0.1) is 25.9 Å². The summed E-state index contributed by atoms with van der Waals surface area (Å²) >= 11 is 0. The third-order valence-corrected chi connectivity index (χ3v) is 3.53. The number of methoxy groups -OCH3 is 1. The summed E-state index contributed by atoms with van der Waals surface area (Å²) in [6.45, 7) is 3.53. The van der Waals surface area contributed by atoms with Crippen LogP contribution in [0.5, 0.6) is 5.75 Å². The highest BCUT2D eigenvalue weighted by Gasteiger charge is 2.26. The van der Waals surface area contributed by atoms with E-state index in [2.05, 4.69) is 6.92 Å². The zero-order valence-corrected chi connectivity index (χ0v) is 11.7. The van der Waals surface area contributed by atoms with Gasteiger partial charge in [0.2, 0.25) is 0 Å². The monoisotopic (exact) mass is 265 g/mol. The van der Waals surface area contributed by atoms with Crippen LogP contribution in [0.15, 0.2) is 24.3 Å². The van der Waals surface area contributed by atoms with Gasteiger partial charge in [-0.2, -0.15) is 0 Å². The Hall–Kier alpha value is -1.10. The first kappa shape index (κ1) is 14.3. The van der Waals surface area contributed by atoms with Gasteiger partial charge in [-0.3, -0.25) is 0 Å². The van der Waals surface area contributed by atoms with Gasteiger partial charge in [0, 0.05) is 12.6 Å². The molecule has 0 aromatic heterocycles. The molecule has 1 saturated heterocycles. The number of hydrogen-bond acceptors (Lipinski definition) is 4. The molecule has 3 atom stereocenters. The summed E-state index contributed by atoms with van der Waals surface area (Å²) in [6, 6.07) is 7.93. The lowest BCUT2D eigenvalue weighted by Crippen LogP contribution is -2.32. The lowest BCUT2D eigenvalue weighted by Gasteiger charge is -2.26. The fraction of sp³-hybridized carbons (Fsp3) is 0.600. The average molecular weight is 265 g/mol. The van der Waals surface area contributed by atoms with Gasteiger partial charge in [0.25, 0.3) is 0 Å². The molecule has 4 nitrogen and oxygen atoms in total. The molecule has 1 aliphatic heterocycles. The molecule has 2 rings (SSSR count). The van der Waals surface area contributed by atoms with Crippen LogP contribution in [0.4, 0.5) is 0 Å². The fourth-order valence-electron chi connectivity index (χ4n) is 2.26. The molecule has 0 amide bonds. The summed E-state index contributed by atoms with van der Waals surface area (Å²) in [7, 11) is 1.66. The maximum absolute atomic E-state index is 6.20. The van der Waals surface area contributed by atoms with Crippen LogP contribution in [0.1, 0.15) is 31.4 Å². The Morgan fingerprint density at radius 1 is 1.37 bits per heavy atom. The van der Waals surface area contributed by atoms with E-state index in [4.69, 9.17) is 19.9 Å². The molecule has 1 aromatic carbocycles. The summed E-state index contributed by atoms with van der Waals surface area (Å²) in [5, 5.41) is 0. The molecular weight excluding hydrogens is 242 g/mol. The maximum atomic E-state index is 6.20. The van der Waals surface area contributed by atoms with E-state index in [0.717, 1.165) is 30.8 Å². The Balaban J connectivity index is 2.10. The molecule has 4 heteroatoms. The van der Waals surface area contributed by atoms with Crippen LogP contribution in [-0.2, 0) is 9.47 Å². The van der Waals surface area contributed by atoms with Crippen molar-refractivity contribution < 1.29 is 14.2 Å². The van der Waals surface area contributed by atoms with E-state index in [1.165, 1.54) is 0 Å². The van der Waals surface area contributed by atoms with E-state index < -0.39 is 0 Å². The van der Waals surface area contributed by atoms with Crippen molar-refractivity contribution in [2.24, 2.45) is 5.73 Å². The van der Waals surface area contributed by atoms with Crippen molar-refractivity contribution in [3.63, 3.8) is 0 Å². The zero-order chi connectivity index (χ0) is 13.7. The van der Waals surface area contributed by atoms with Crippen molar-refractivity contribution in [3.8, 4) is 5.75 Å². The van der Waals surface area contributed by atoms with E-state index in [9.17, 15) is 0 Å². The van der Waals surface area contributed by atoms with Crippen LogP contribution in [0.3, 0.4) is 0 Å². The van der Waals surface area contributed by atoms with Gasteiger partial charge in [-0.1, -0.05) is 19.1 Å². The van der Waals surface area contributed by atoms with Gasteiger partial charge in [0.1, 0.15) is 5.75 Å². The standard InChI is InChI=1S/C15H23NO3/c1-3-14(16)15(19-13-8-9-18-10-13)11-4-6-12(17-2)7-5-11/h4-7,13-15H,3,8-10,16H2,1-2H3. The molecular formula is C15H23NO3. The van der Waals surface area contributed by atoms with Crippen LogP contribution < -0.4 is 10.5 Å². The zero-order valence-electron chi connectivity index (χ0n) is 11.7. The molecule has 106 valence electrons. The second kappa shape index (κ2) is 6.89. The second-order valence-corrected chi connectivity index (χ2v) is 4.89. The number of ether oxygens (including phenoxy) is 3. The normalized spacial score (nSPS) is 22.2. The Bertz CT molecular complexity index is 373. The number of nitrogens with two attached hydrogens (primary N) is 1. The highest BCUT2D eigenvalue weighted by atomic mass is 16.6. The molecule has 1 aromatic rings. The van der Waals surface area contributed by atoms with Crippen LogP contribution in [0, 0.1) is 0 Å². The summed E-state index contributed by atoms with van der Waals surface area (Å²) in [5.74, 6) is 0.844. The Morgan fingerprint density at radius 2 is 2.11 bits per heavy atom. The maximum Gasteiger partial charge on any atom is 0.118 e. The van der Waals surface area contributed by atoms with Crippen LogP contribution >= 0.6 is 0 Å². The number of hydrogen-bond donors (Lipinski definition) is 1. The molecule has 0 radical (unpaired) electrons. The molecule has 19 heavy (non-hydrogen) atoms. The van der Waals surface area contributed by atoms with Gasteiger partial charge >= 0.3 is 0 Å². The van der Waals surface area contributed by atoms with Gasteiger partial charge in [-0.25, -0.2) is 0 Å². The number of rotatable bonds is 6. The first-order chi connectivity index (χ1) is 9.24.